The van der Waals surface area contributed by atoms with Crippen LogP contribution in [0.15, 0.2) is 77.3 Å². The van der Waals surface area contributed by atoms with Gasteiger partial charge in [-0.3, -0.25) is 9.78 Å². The van der Waals surface area contributed by atoms with Crippen LogP contribution in [-0.2, 0) is 9.53 Å². The Balaban J connectivity index is 1.54. The highest BCUT2D eigenvalue weighted by Gasteiger charge is 2.42. The Morgan fingerprint density at radius 2 is 1.92 bits per heavy atom. The zero-order valence-corrected chi connectivity index (χ0v) is 23.0. The molecule has 7 nitrogen and oxygen atoms in total. The second-order valence-electron chi connectivity index (χ2n) is 8.47. The number of hydrogen-bond donors (Lipinski definition) is 2. The van der Waals surface area contributed by atoms with Crippen molar-refractivity contribution in [2.24, 2.45) is 0 Å². The molecule has 1 aliphatic rings. The number of rotatable bonds is 7. The average molecular weight is 588 g/mol. The van der Waals surface area contributed by atoms with E-state index in [0.717, 1.165) is 11.3 Å². The lowest BCUT2D eigenvalue weighted by Gasteiger charge is -2.26. The van der Waals surface area contributed by atoms with Crippen molar-refractivity contribution < 1.29 is 13.9 Å². The number of anilines is 2. The average Bonchev–Trinajstić information content (AvgIpc) is 3.52. The first kappa shape index (κ1) is 26.5. The molecule has 0 spiro atoms. The predicted octanol–water partition coefficient (Wildman–Crippen LogP) is 7.06. The Morgan fingerprint density at radius 1 is 1.08 bits per heavy atom. The number of thiocarbonyl (C=S) groups is 1. The van der Waals surface area contributed by atoms with Gasteiger partial charge in [0.25, 0.3) is 0 Å². The van der Waals surface area contributed by atoms with Gasteiger partial charge in [0.05, 0.1) is 32.5 Å². The first-order valence-corrected chi connectivity index (χ1v) is 13.0. The number of aromatic nitrogens is 1. The van der Waals surface area contributed by atoms with Crippen LogP contribution in [-0.4, -0.2) is 29.7 Å². The maximum absolute atomic E-state index is 12.0. The SMILES string of the molecule is COCC(=O)Nc1ccc(N2C(=S)NC(c3ccccn3)C2c2ccc(-c3ccc(Cl)c(Cl)c3)o2)cc1Cl. The Morgan fingerprint density at radius 3 is 2.63 bits per heavy atom. The fourth-order valence-electron chi connectivity index (χ4n) is 4.31. The summed E-state index contributed by atoms with van der Waals surface area (Å²) >= 11 is 24.7. The number of halogens is 3. The van der Waals surface area contributed by atoms with Crippen LogP contribution in [0.25, 0.3) is 11.3 Å². The van der Waals surface area contributed by atoms with Crippen molar-refractivity contribution in [3.05, 3.63) is 99.4 Å². The van der Waals surface area contributed by atoms with E-state index in [4.69, 9.17) is 56.2 Å². The summed E-state index contributed by atoms with van der Waals surface area (Å²) in [5.41, 5.74) is 2.77. The van der Waals surface area contributed by atoms with Crippen molar-refractivity contribution >= 4 is 69.4 Å². The van der Waals surface area contributed by atoms with Gasteiger partial charge in [-0.1, -0.05) is 40.9 Å². The quantitative estimate of drug-likeness (QED) is 0.224. The minimum absolute atomic E-state index is 0.0777. The largest absolute Gasteiger partial charge is 0.459 e. The molecule has 1 saturated heterocycles. The van der Waals surface area contributed by atoms with Gasteiger partial charge in [-0.25, -0.2) is 0 Å². The molecule has 194 valence electrons. The van der Waals surface area contributed by atoms with Gasteiger partial charge in [0.2, 0.25) is 5.91 Å². The zero-order chi connectivity index (χ0) is 26.8. The second-order valence-corrected chi connectivity index (χ2v) is 10.1. The van der Waals surface area contributed by atoms with Crippen molar-refractivity contribution in [2.75, 3.05) is 23.9 Å². The molecule has 1 fully saturated rings. The third-order valence-electron chi connectivity index (χ3n) is 6.00. The summed E-state index contributed by atoms with van der Waals surface area (Å²) in [5.74, 6) is 0.979. The Bertz CT molecular complexity index is 1500. The van der Waals surface area contributed by atoms with Crippen molar-refractivity contribution in [3.8, 4) is 11.3 Å². The number of furan rings is 1. The van der Waals surface area contributed by atoms with Crippen molar-refractivity contribution in [2.45, 2.75) is 12.1 Å². The summed E-state index contributed by atoms with van der Waals surface area (Å²) in [4.78, 5) is 18.5. The monoisotopic (exact) mass is 586 g/mol. The topological polar surface area (TPSA) is 79.6 Å². The molecule has 0 radical (unpaired) electrons. The lowest BCUT2D eigenvalue weighted by molar-refractivity contribution is -0.119. The van der Waals surface area contributed by atoms with E-state index in [1.54, 1.807) is 30.5 Å². The van der Waals surface area contributed by atoms with Crippen molar-refractivity contribution in [1.82, 2.24) is 10.3 Å². The van der Waals surface area contributed by atoms with Crippen LogP contribution >= 0.6 is 47.0 Å². The number of carbonyl (C=O) groups excluding carboxylic acids is 1. The molecular formula is C27H21Cl3N4O3S. The van der Waals surface area contributed by atoms with E-state index in [1.807, 2.05) is 47.4 Å². The summed E-state index contributed by atoms with van der Waals surface area (Å²) in [6.07, 6.45) is 1.73. The summed E-state index contributed by atoms with van der Waals surface area (Å²) in [6.45, 7) is -0.0777. The highest BCUT2D eigenvalue weighted by molar-refractivity contribution is 7.80. The normalized spacial score (nSPS) is 16.9. The maximum Gasteiger partial charge on any atom is 0.250 e. The first-order chi connectivity index (χ1) is 18.4. The number of carbonyl (C=O) groups is 1. The summed E-state index contributed by atoms with van der Waals surface area (Å²) in [7, 11) is 1.45. The fraction of sp³-hybridized carbons (Fsp3) is 0.148. The molecule has 1 amide bonds. The predicted molar refractivity (Wildman–Crippen MR) is 154 cm³/mol. The van der Waals surface area contributed by atoms with Crippen LogP contribution in [0.1, 0.15) is 23.5 Å². The molecule has 0 aliphatic carbocycles. The van der Waals surface area contributed by atoms with Crippen LogP contribution < -0.4 is 15.5 Å². The fourth-order valence-corrected chi connectivity index (χ4v) is 5.18. The van der Waals surface area contributed by atoms with Gasteiger partial charge in [-0.05, 0) is 72.9 Å². The molecule has 1 aliphatic heterocycles. The molecule has 11 heteroatoms. The van der Waals surface area contributed by atoms with Gasteiger partial charge in [0.15, 0.2) is 5.11 Å². The highest BCUT2D eigenvalue weighted by Crippen LogP contribution is 2.44. The van der Waals surface area contributed by atoms with E-state index in [1.165, 1.54) is 7.11 Å². The lowest BCUT2D eigenvalue weighted by atomic mass is 10.0. The number of benzene rings is 2. The molecule has 0 bridgehead atoms. The molecule has 38 heavy (non-hydrogen) atoms. The van der Waals surface area contributed by atoms with Crippen LogP contribution in [0.5, 0.6) is 0 Å². The zero-order valence-electron chi connectivity index (χ0n) is 20.0. The minimum atomic E-state index is -0.390. The smallest absolute Gasteiger partial charge is 0.250 e. The first-order valence-electron chi connectivity index (χ1n) is 11.5. The van der Waals surface area contributed by atoms with Crippen LogP contribution in [0, 0.1) is 0 Å². The van der Waals surface area contributed by atoms with Crippen LogP contribution in [0.4, 0.5) is 11.4 Å². The minimum Gasteiger partial charge on any atom is -0.459 e. The van der Waals surface area contributed by atoms with Crippen molar-refractivity contribution in [3.63, 3.8) is 0 Å². The number of pyridine rings is 1. The van der Waals surface area contributed by atoms with Gasteiger partial charge in [0, 0.05) is 24.6 Å². The molecule has 5 rings (SSSR count). The molecule has 2 unspecified atom stereocenters. The van der Waals surface area contributed by atoms with Gasteiger partial charge in [0.1, 0.15) is 24.2 Å². The number of nitrogens with zero attached hydrogens (tertiary/aromatic N) is 2. The molecule has 4 aromatic rings. The Kier molecular flexibility index (Phi) is 7.88. The number of amides is 1. The van der Waals surface area contributed by atoms with E-state index >= 15 is 0 Å². The van der Waals surface area contributed by atoms with Gasteiger partial charge in [-0.2, -0.15) is 0 Å². The number of ether oxygens (including phenoxy) is 1. The van der Waals surface area contributed by atoms with Gasteiger partial charge < -0.3 is 24.7 Å². The number of nitrogens with one attached hydrogen (secondary N) is 2. The lowest BCUT2D eigenvalue weighted by Crippen LogP contribution is -2.29. The summed E-state index contributed by atoms with van der Waals surface area (Å²) < 4.78 is 11.2. The third-order valence-corrected chi connectivity index (χ3v) is 7.37. The van der Waals surface area contributed by atoms with Crippen LogP contribution in [0.3, 0.4) is 0 Å². The summed E-state index contributed by atoms with van der Waals surface area (Å²) in [6, 6.07) is 19.4. The molecule has 0 saturated carbocycles. The van der Waals surface area contributed by atoms with E-state index in [2.05, 4.69) is 15.6 Å². The molecule has 2 aromatic heterocycles. The number of hydrogen-bond acceptors (Lipinski definition) is 5. The molecule has 3 heterocycles. The maximum atomic E-state index is 12.0. The Labute approximate surface area is 239 Å². The van der Waals surface area contributed by atoms with Crippen molar-refractivity contribution in [1.29, 1.82) is 0 Å². The molecule has 2 aromatic carbocycles. The van der Waals surface area contributed by atoms with Crippen LogP contribution in [0.2, 0.25) is 15.1 Å². The molecular weight excluding hydrogens is 567 g/mol. The van der Waals surface area contributed by atoms with E-state index in [-0.39, 0.29) is 24.6 Å². The summed E-state index contributed by atoms with van der Waals surface area (Å²) in [5, 5.41) is 7.85. The second kappa shape index (κ2) is 11.3. The standard InChI is InChI=1S/C27H21Cl3N4O3S/c1-36-14-24(35)32-20-8-6-16(13-19(20)30)34-26(25(33-27(34)38)21-4-2-3-11-31-21)23-10-9-22(37-23)15-5-7-17(28)18(29)12-15/h2-13,25-26H,14H2,1H3,(H,32,35)(H,33,38). The number of methoxy groups -OCH3 is 1. The Hall–Kier alpha value is -3.14. The molecule has 2 atom stereocenters. The van der Waals surface area contributed by atoms with E-state index in [9.17, 15) is 4.79 Å². The van der Waals surface area contributed by atoms with E-state index in [0.29, 0.717) is 43.1 Å². The van der Waals surface area contributed by atoms with Gasteiger partial charge >= 0.3 is 0 Å². The third kappa shape index (κ3) is 5.36. The molecule has 2 N–H and O–H groups in total. The van der Waals surface area contributed by atoms with Gasteiger partial charge in [-0.15, -0.1) is 0 Å². The highest BCUT2D eigenvalue weighted by atomic mass is 35.5. The van der Waals surface area contributed by atoms with E-state index < -0.39 is 0 Å².